The zero-order valence-electron chi connectivity index (χ0n) is 10.5. The van der Waals surface area contributed by atoms with E-state index < -0.39 is 0 Å². The third kappa shape index (κ3) is 1.69. The summed E-state index contributed by atoms with van der Waals surface area (Å²) in [6, 6.07) is 17.4. The molecular formula is C17H17N. The lowest BCUT2D eigenvalue weighted by atomic mass is 9.69. The lowest BCUT2D eigenvalue weighted by Crippen LogP contribution is -2.27. The van der Waals surface area contributed by atoms with E-state index in [9.17, 15) is 5.26 Å². The highest BCUT2D eigenvalue weighted by atomic mass is 14.4. The van der Waals surface area contributed by atoms with Crippen molar-refractivity contribution in [1.29, 1.82) is 5.26 Å². The van der Waals surface area contributed by atoms with Gasteiger partial charge in [0.15, 0.2) is 0 Å². The van der Waals surface area contributed by atoms with Gasteiger partial charge in [-0.2, -0.15) is 5.26 Å². The molecule has 90 valence electrons. The standard InChI is InChI=1S/C17H17N/c18-13-17(11-4-1-5-12-17)16-10-6-8-14-7-2-3-9-15(14)16/h2-3,6-10H,1,4-5,11-12H2. The number of nitrogens with zero attached hydrogens (tertiary/aromatic N) is 1. The Labute approximate surface area is 108 Å². The third-order valence-electron chi connectivity index (χ3n) is 4.23. The predicted octanol–water partition coefficient (Wildman–Crippen LogP) is 4.57. The molecule has 1 nitrogen and oxygen atoms in total. The van der Waals surface area contributed by atoms with Crippen molar-refractivity contribution < 1.29 is 0 Å². The van der Waals surface area contributed by atoms with Gasteiger partial charge >= 0.3 is 0 Å². The lowest BCUT2D eigenvalue weighted by Gasteiger charge is -2.32. The summed E-state index contributed by atoms with van der Waals surface area (Å²) < 4.78 is 0. The number of hydrogen-bond acceptors (Lipinski definition) is 1. The monoisotopic (exact) mass is 235 g/mol. The maximum absolute atomic E-state index is 9.70. The van der Waals surface area contributed by atoms with Crippen molar-refractivity contribution in [3.8, 4) is 6.07 Å². The van der Waals surface area contributed by atoms with Crippen LogP contribution in [0.1, 0.15) is 37.7 Å². The van der Waals surface area contributed by atoms with Gasteiger partial charge in [-0.3, -0.25) is 0 Å². The molecule has 2 aromatic rings. The van der Waals surface area contributed by atoms with E-state index in [1.54, 1.807) is 0 Å². The maximum atomic E-state index is 9.70. The van der Waals surface area contributed by atoms with Gasteiger partial charge in [-0.15, -0.1) is 0 Å². The molecule has 18 heavy (non-hydrogen) atoms. The van der Waals surface area contributed by atoms with Gasteiger partial charge in [0.1, 0.15) is 0 Å². The molecule has 0 bridgehead atoms. The summed E-state index contributed by atoms with van der Waals surface area (Å²) in [5, 5.41) is 12.2. The number of benzene rings is 2. The van der Waals surface area contributed by atoms with Gasteiger partial charge in [0.2, 0.25) is 0 Å². The Balaban J connectivity index is 2.21. The fourth-order valence-corrected chi connectivity index (χ4v) is 3.24. The van der Waals surface area contributed by atoms with Crippen LogP contribution in [-0.4, -0.2) is 0 Å². The summed E-state index contributed by atoms with van der Waals surface area (Å²) in [7, 11) is 0. The molecule has 0 radical (unpaired) electrons. The molecule has 3 rings (SSSR count). The van der Waals surface area contributed by atoms with Crippen LogP contribution in [0.5, 0.6) is 0 Å². The van der Waals surface area contributed by atoms with Gasteiger partial charge in [-0.25, -0.2) is 0 Å². The molecular weight excluding hydrogens is 218 g/mol. The Morgan fingerprint density at radius 3 is 2.39 bits per heavy atom. The molecule has 2 aromatic carbocycles. The molecule has 0 atom stereocenters. The summed E-state index contributed by atoms with van der Waals surface area (Å²) in [4.78, 5) is 0. The molecule has 1 heteroatoms. The Hall–Kier alpha value is -1.81. The maximum Gasteiger partial charge on any atom is 0.0828 e. The molecule has 1 saturated carbocycles. The minimum atomic E-state index is -0.251. The van der Waals surface area contributed by atoms with Crippen molar-refractivity contribution in [1.82, 2.24) is 0 Å². The van der Waals surface area contributed by atoms with E-state index in [-0.39, 0.29) is 5.41 Å². The van der Waals surface area contributed by atoms with Crippen molar-refractivity contribution in [2.24, 2.45) is 0 Å². The van der Waals surface area contributed by atoms with Crippen molar-refractivity contribution in [2.75, 3.05) is 0 Å². The highest BCUT2D eigenvalue weighted by Gasteiger charge is 2.34. The fraction of sp³-hybridized carbons (Fsp3) is 0.353. The molecule has 1 fully saturated rings. The first-order chi connectivity index (χ1) is 8.86. The summed E-state index contributed by atoms with van der Waals surface area (Å²) in [5.74, 6) is 0. The van der Waals surface area contributed by atoms with Crippen molar-refractivity contribution in [3.05, 3.63) is 48.0 Å². The SMILES string of the molecule is N#CC1(c2cccc3ccccc23)CCCCC1. The van der Waals surface area contributed by atoms with E-state index in [0.29, 0.717) is 0 Å². The summed E-state index contributed by atoms with van der Waals surface area (Å²) in [6.07, 6.45) is 5.65. The lowest BCUT2D eigenvalue weighted by molar-refractivity contribution is 0.368. The second kappa shape index (κ2) is 4.46. The number of nitriles is 1. The number of rotatable bonds is 1. The normalized spacial score (nSPS) is 18.4. The van der Waals surface area contributed by atoms with Gasteiger partial charge in [0.05, 0.1) is 11.5 Å². The van der Waals surface area contributed by atoms with Crippen molar-refractivity contribution in [3.63, 3.8) is 0 Å². The molecule has 0 unspecified atom stereocenters. The van der Waals surface area contributed by atoms with E-state index in [0.717, 1.165) is 12.8 Å². The minimum Gasteiger partial charge on any atom is -0.197 e. The van der Waals surface area contributed by atoms with E-state index in [1.807, 2.05) is 0 Å². The molecule has 0 aromatic heterocycles. The van der Waals surface area contributed by atoms with Crippen LogP contribution in [-0.2, 0) is 5.41 Å². The average molecular weight is 235 g/mol. The van der Waals surface area contributed by atoms with E-state index in [2.05, 4.69) is 48.5 Å². The Morgan fingerprint density at radius 2 is 1.61 bits per heavy atom. The molecule has 0 heterocycles. The summed E-state index contributed by atoms with van der Waals surface area (Å²) in [6.45, 7) is 0. The average Bonchev–Trinajstić information content (AvgIpc) is 2.47. The quantitative estimate of drug-likeness (QED) is 0.710. The number of fused-ring (bicyclic) bond motifs is 1. The molecule has 0 N–H and O–H groups in total. The van der Waals surface area contributed by atoms with Crippen LogP contribution in [0.25, 0.3) is 10.8 Å². The van der Waals surface area contributed by atoms with Crippen LogP contribution >= 0.6 is 0 Å². The van der Waals surface area contributed by atoms with E-state index in [1.165, 1.54) is 35.6 Å². The second-order valence-corrected chi connectivity index (χ2v) is 5.28. The first kappa shape index (κ1) is 11.3. The molecule has 0 spiro atoms. The van der Waals surface area contributed by atoms with Crippen LogP contribution in [0.15, 0.2) is 42.5 Å². The van der Waals surface area contributed by atoms with E-state index >= 15 is 0 Å². The second-order valence-electron chi connectivity index (χ2n) is 5.28. The van der Waals surface area contributed by atoms with Crippen LogP contribution in [0, 0.1) is 11.3 Å². The Morgan fingerprint density at radius 1 is 0.889 bits per heavy atom. The van der Waals surface area contributed by atoms with Crippen LogP contribution in [0.2, 0.25) is 0 Å². The third-order valence-corrected chi connectivity index (χ3v) is 4.23. The Kier molecular flexibility index (Phi) is 2.80. The largest absolute Gasteiger partial charge is 0.197 e. The first-order valence-corrected chi connectivity index (χ1v) is 6.75. The van der Waals surface area contributed by atoms with Gasteiger partial charge in [0, 0.05) is 0 Å². The zero-order chi connectivity index (χ0) is 12.4. The first-order valence-electron chi connectivity index (χ1n) is 6.75. The van der Waals surface area contributed by atoms with E-state index in [4.69, 9.17) is 0 Å². The predicted molar refractivity (Wildman–Crippen MR) is 74.3 cm³/mol. The van der Waals surface area contributed by atoms with Crippen LogP contribution < -0.4 is 0 Å². The smallest absolute Gasteiger partial charge is 0.0828 e. The van der Waals surface area contributed by atoms with Crippen LogP contribution in [0.4, 0.5) is 0 Å². The highest BCUT2D eigenvalue weighted by Crippen LogP contribution is 2.41. The molecule has 1 aliphatic rings. The summed E-state index contributed by atoms with van der Waals surface area (Å²) >= 11 is 0. The topological polar surface area (TPSA) is 23.8 Å². The molecule has 0 aliphatic heterocycles. The van der Waals surface area contributed by atoms with Crippen molar-refractivity contribution >= 4 is 10.8 Å². The van der Waals surface area contributed by atoms with Gasteiger partial charge < -0.3 is 0 Å². The van der Waals surface area contributed by atoms with Crippen LogP contribution in [0.3, 0.4) is 0 Å². The fourth-order valence-electron chi connectivity index (χ4n) is 3.24. The number of hydrogen-bond donors (Lipinski definition) is 0. The minimum absolute atomic E-state index is 0.251. The van der Waals surface area contributed by atoms with Gasteiger partial charge in [-0.1, -0.05) is 61.7 Å². The zero-order valence-corrected chi connectivity index (χ0v) is 10.5. The molecule has 0 saturated heterocycles. The molecule has 1 aliphatic carbocycles. The van der Waals surface area contributed by atoms with Gasteiger partial charge in [0.25, 0.3) is 0 Å². The van der Waals surface area contributed by atoms with Gasteiger partial charge in [-0.05, 0) is 29.2 Å². The Bertz CT molecular complexity index is 595. The highest BCUT2D eigenvalue weighted by molar-refractivity contribution is 5.87. The van der Waals surface area contributed by atoms with Crippen molar-refractivity contribution in [2.45, 2.75) is 37.5 Å². The summed E-state index contributed by atoms with van der Waals surface area (Å²) in [5.41, 5.74) is 0.988. The molecule has 0 amide bonds.